The van der Waals surface area contributed by atoms with E-state index in [2.05, 4.69) is 14.6 Å². The number of anilines is 1. The summed E-state index contributed by atoms with van der Waals surface area (Å²) in [5.41, 5.74) is 1.76. The molecule has 0 spiro atoms. The molecule has 0 aliphatic carbocycles. The lowest BCUT2D eigenvalue weighted by Crippen LogP contribution is -2.35. The van der Waals surface area contributed by atoms with E-state index in [1.807, 2.05) is 12.1 Å². The van der Waals surface area contributed by atoms with Crippen molar-refractivity contribution in [3.8, 4) is 0 Å². The second-order valence-electron chi connectivity index (χ2n) is 7.02. The van der Waals surface area contributed by atoms with E-state index in [0.29, 0.717) is 16.3 Å². The zero-order valence-electron chi connectivity index (χ0n) is 16.2. The number of thiazole rings is 1. The molecule has 29 heavy (non-hydrogen) atoms. The van der Waals surface area contributed by atoms with Crippen molar-refractivity contribution >= 4 is 32.0 Å². The molecule has 0 unspecified atom stereocenters. The van der Waals surface area contributed by atoms with Gasteiger partial charge in [-0.1, -0.05) is 12.1 Å². The Morgan fingerprint density at radius 3 is 2.55 bits per heavy atom. The lowest BCUT2D eigenvalue weighted by molar-refractivity contribution is 0.0342. The highest BCUT2D eigenvalue weighted by atomic mass is 32.2. The largest absolute Gasteiger partial charge is 0.379 e. The van der Waals surface area contributed by atoms with Gasteiger partial charge >= 0.3 is 0 Å². The monoisotopic (exact) mass is 434 g/mol. The van der Waals surface area contributed by atoms with Crippen LogP contribution in [0.2, 0.25) is 0 Å². The van der Waals surface area contributed by atoms with Crippen LogP contribution in [0.5, 0.6) is 0 Å². The van der Waals surface area contributed by atoms with E-state index < -0.39 is 15.6 Å². The second kappa shape index (κ2) is 7.86. The van der Waals surface area contributed by atoms with E-state index in [0.717, 1.165) is 38.4 Å². The summed E-state index contributed by atoms with van der Waals surface area (Å²) in [7, 11) is -4.07. The molecule has 3 heterocycles. The van der Waals surface area contributed by atoms with Crippen LogP contribution in [0.3, 0.4) is 0 Å². The summed E-state index contributed by atoms with van der Waals surface area (Å²) in [5, 5.41) is 1.78. The van der Waals surface area contributed by atoms with Gasteiger partial charge in [0, 0.05) is 36.4 Å². The highest BCUT2D eigenvalue weighted by Gasteiger charge is 2.25. The zero-order valence-corrected chi connectivity index (χ0v) is 17.8. The SMILES string of the molecule is Cc1nc2scc(C)n2c(=O)c1S(=O)(=O)Nc1ccc(CN2CCOCC2)cc1. The number of rotatable bonds is 5. The van der Waals surface area contributed by atoms with E-state index >= 15 is 0 Å². The van der Waals surface area contributed by atoms with Gasteiger partial charge in [-0.05, 0) is 31.5 Å². The Kier molecular flexibility index (Phi) is 5.43. The van der Waals surface area contributed by atoms with Crippen molar-refractivity contribution in [2.75, 3.05) is 31.0 Å². The first kappa shape index (κ1) is 20.0. The van der Waals surface area contributed by atoms with Crippen molar-refractivity contribution in [2.45, 2.75) is 25.3 Å². The van der Waals surface area contributed by atoms with Gasteiger partial charge in [0.2, 0.25) is 0 Å². The topological polar surface area (TPSA) is 93.0 Å². The Bertz CT molecular complexity index is 1190. The fourth-order valence-corrected chi connectivity index (χ4v) is 5.59. The highest BCUT2D eigenvalue weighted by molar-refractivity contribution is 7.92. The molecule has 4 rings (SSSR count). The molecule has 0 atom stereocenters. The van der Waals surface area contributed by atoms with Crippen LogP contribution in [0.1, 0.15) is 17.0 Å². The first-order chi connectivity index (χ1) is 13.8. The Balaban J connectivity index is 1.58. The van der Waals surface area contributed by atoms with Crippen molar-refractivity contribution in [1.29, 1.82) is 0 Å². The molecule has 8 nitrogen and oxygen atoms in total. The summed E-state index contributed by atoms with van der Waals surface area (Å²) in [6.07, 6.45) is 0. The predicted octanol–water partition coefficient (Wildman–Crippen LogP) is 2.01. The summed E-state index contributed by atoms with van der Waals surface area (Å²) in [6, 6.07) is 7.19. The average molecular weight is 435 g/mol. The minimum absolute atomic E-state index is 0.188. The molecule has 0 radical (unpaired) electrons. The molecule has 1 aromatic carbocycles. The number of benzene rings is 1. The van der Waals surface area contributed by atoms with Crippen LogP contribution in [-0.2, 0) is 21.3 Å². The number of fused-ring (bicyclic) bond motifs is 1. The van der Waals surface area contributed by atoms with Crippen LogP contribution in [0.25, 0.3) is 4.96 Å². The number of hydrogen-bond acceptors (Lipinski definition) is 7. The van der Waals surface area contributed by atoms with E-state index in [9.17, 15) is 13.2 Å². The number of nitrogens with zero attached hydrogens (tertiary/aromatic N) is 3. The van der Waals surface area contributed by atoms with E-state index in [1.165, 1.54) is 22.7 Å². The van der Waals surface area contributed by atoms with Crippen molar-refractivity contribution in [3.63, 3.8) is 0 Å². The molecule has 1 fully saturated rings. The highest BCUT2D eigenvalue weighted by Crippen LogP contribution is 2.20. The summed E-state index contributed by atoms with van der Waals surface area (Å²) in [6.45, 7) is 7.30. The number of morpholine rings is 1. The number of aryl methyl sites for hydroxylation is 2. The van der Waals surface area contributed by atoms with Crippen LogP contribution in [-0.4, -0.2) is 49.0 Å². The Morgan fingerprint density at radius 1 is 1.17 bits per heavy atom. The molecule has 0 bridgehead atoms. The van der Waals surface area contributed by atoms with Gasteiger partial charge in [-0.15, -0.1) is 11.3 Å². The minimum atomic E-state index is -4.07. The molecule has 1 aliphatic rings. The smallest absolute Gasteiger partial charge is 0.279 e. The maximum atomic E-state index is 12.9. The molecular formula is C19H22N4O4S2. The lowest BCUT2D eigenvalue weighted by Gasteiger charge is -2.26. The van der Waals surface area contributed by atoms with E-state index in [-0.39, 0.29) is 10.6 Å². The molecule has 0 amide bonds. The van der Waals surface area contributed by atoms with Gasteiger partial charge in [-0.2, -0.15) is 0 Å². The standard InChI is InChI=1S/C19H22N4O4S2/c1-13-12-28-19-20-14(2)17(18(24)23(13)19)29(25,26)21-16-5-3-15(4-6-16)11-22-7-9-27-10-8-22/h3-6,12,21H,7-11H2,1-2H3. The predicted molar refractivity (Wildman–Crippen MR) is 112 cm³/mol. The van der Waals surface area contributed by atoms with Crippen molar-refractivity contribution in [3.05, 3.63) is 57.0 Å². The minimum Gasteiger partial charge on any atom is -0.379 e. The lowest BCUT2D eigenvalue weighted by atomic mass is 10.2. The summed E-state index contributed by atoms with van der Waals surface area (Å²) in [5.74, 6) is 0. The van der Waals surface area contributed by atoms with Gasteiger partial charge in [0.05, 0.1) is 18.9 Å². The number of aromatic nitrogens is 2. The Morgan fingerprint density at radius 2 is 1.86 bits per heavy atom. The molecule has 0 saturated carbocycles. The van der Waals surface area contributed by atoms with Crippen LogP contribution >= 0.6 is 11.3 Å². The van der Waals surface area contributed by atoms with Gasteiger partial charge in [0.25, 0.3) is 15.6 Å². The van der Waals surface area contributed by atoms with Crippen molar-refractivity contribution in [2.24, 2.45) is 0 Å². The summed E-state index contributed by atoms with van der Waals surface area (Å²) >= 11 is 1.31. The van der Waals surface area contributed by atoms with Crippen LogP contribution < -0.4 is 10.3 Å². The number of hydrogen-bond donors (Lipinski definition) is 1. The maximum Gasteiger partial charge on any atom is 0.279 e. The van der Waals surface area contributed by atoms with E-state index in [4.69, 9.17) is 4.74 Å². The van der Waals surface area contributed by atoms with Crippen molar-refractivity contribution < 1.29 is 13.2 Å². The van der Waals surface area contributed by atoms with E-state index in [1.54, 1.807) is 24.4 Å². The van der Waals surface area contributed by atoms with Gasteiger partial charge < -0.3 is 4.74 Å². The third-order valence-electron chi connectivity index (χ3n) is 4.85. The first-order valence-corrected chi connectivity index (χ1v) is 11.6. The third kappa shape index (κ3) is 4.06. The first-order valence-electron chi connectivity index (χ1n) is 9.24. The molecule has 10 heteroatoms. The normalized spacial score (nSPS) is 15.7. The number of ether oxygens (including phenoxy) is 1. The molecule has 1 N–H and O–H groups in total. The van der Waals surface area contributed by atoms with Gasteiger partial charge in [0.1, 0.15) is 0 Å². The zero-order chi connectivity index (χ0) is 20.6. The van der Waals surface area contributed by atoms with Gasteiger partial charge in [-0.3, -0.25) is 18.8 Å². The summed E-state index contributed by atoms with van der Waals surface area (Å²) in [4.78, 5) is 19.6. The molecule has 154 valence electrons. The van der Waals surface area contributed by atoms with Crippen LogP contribution in [0.15, 0.2) is 39.3 Å². The number of nitrogens with one attached hydrogen (secondary N) is 1. The molecule has 2 aromatic heterocycles. The Labute approximate surface area is 172 Å². The number of sulfonamides is 1. The van der Waals surface area contributed by atoms with Crippen LogP contribution in [0, 0.1) is 13.8 Å². The molecular weight excluding hydrogens is 412 g/mol. The van der Waals surface area contributed by atoms with Crippen molar-refractivity contribution in [1.82, 2.24) is 14.3 Å². The Hall–Kier alpha value is -2.27. The fraction of sp³-hybridized carbons (Fsp3) is 0.368. The molecule has 1 saturated heterocycles. The second-order valence-corrected chi connectivity index (χ2v) is 9.47. The van der Waals surface area contributed by atoms with Crippen LogP contribution in [0.4, 0.5) is 5.69 Å². The third-order valence-corrected chi connectivity index (χ3v) is 7.31. The molecule has 3 aromatic rings. The average Bonchev–Trinajstić information content (AvgIpc) is 3.04. The quantitative estimate of drug-likeness (QED) is 0.660. The molecule has 1 aliphatic heterocycles. The van der Waals surface area contributed by atoms with Gasteiger partial charge in [-0.25, -0.2) is 13.4 Å². The summed E-state index contributed by atoms with van der Waals surface area (Å²) < 4.78 is 35.1. The maximum absolute atomic E-state index is 12.9. The fourth-order valence-electron chi connectivity index (χ4n) is 3.38. The van der Waals surface area contributed by atoms with Gasteiger partial charge in [0.15, 0.2) is 9.86 Å².